The van der Waals surface area contributed by atoms with Crippen molar-refractivity contribution in [3.05, 3.63) is 0 Å². The Hall–Kier alpha value is -0.0800. The Morgan fingerprint density at radius 1 is 1.24 bits per heavy atom. The third kappa shape index (κ3) is 5.87. The predicted molar refractivity (Wildman–Crippen MR) is 74.3 cm³/mol. The van der Waals surface area contributed by atoms with Gasteiger partial charge in [0, 0.05) is 12.6 Å². The Morgan fingerprint density at radius 2 is 1.88 bits per heavy atom. The molecule has 1 N–H and O–H groups in total. The first-order valence-electron chi connectivity index (χ1n) is 7.35. The van der Waals surface area contributed by atoms with E-state index in [4.69, 9.17) is 4.74 Å². The Bertz CT molecular complexity index is 192. The van der Waals surface area contributed by atoms with Gasteiger partial charge >= 0.3 is 0 Å². The van der Waals surface area contributed by atoms with Gasteiger partial charge < -0.3 is 10.1 Å². The summed E-state index contributed by atoms with van der Waals surface area (Å²) in [6.45, 7) is 12.0. The van der Waals surface area contributed by atoms with E-state index in [0.29, 0.717) is 6.04 Å². The number of hydrogen-bond acceptors (Lipinski definition) is 2. The van der Waals surface area contributed by atoms with Gasteiger partial charge in [-0.3, -0.25) is 0 Å². The molecule has 1 atom stereocenters. The molecule has 0 aromatic carbocycles. The van der Waals surface area contributed by atoms with Crippen molar-refractivity contribution >= 4 is 0 Å². The van der Waals surface area contributed by atoms with Crippen LogP contribution in [0.5, 0.6) is 0 Å². The van der Waals surface area contributed by atoms with Gasteiger partial charge in [-0.05, 0) is 37.1 Å². The lowest BCUT2D eigenvalue weighted by molar-refractivity contribution is 0.0548. The fourth-order valence-corrected chi connectivity index (χ4v) is 2.46. The second-order valence-corrected chi connectivity index (χ2v) is 6.56. The van der Waals surface area contributed by atoms with Crippen LogP contribution in [-0.2, 0) is 4.74 Å². The maximum absolute atomic E-state index is 5.94. The van der Waals surface area contributed by atoms with Crippen LogP contribution in [0, 0.1) is 11.3 Å². The molecule has 0 bridgehead atoms. The molecule has 0 saturated heterocycles. The molecule has 1 rings (SSSR count). The first-order chi connectivity index (χ1) is 8.04. The summed E-state index contributed by atoms with van der Waals surface area (Å²) in [4.78, 5) is 0. The number of nitrogens with one attached hydrogen (secondary N) is 1. The van der Waals surface area contributed by atoms with E-state index in [1.807, 2.05) is 0 Å². The second kappa shape index (κ2) is 7.38. The SMILES string of the molecule is CCCNC(COCC1CCCC1)C(C)(C)C. The van der Waals surface area contributed by atoms with Crippen molar-refractivity contribution in [3.63, 3.8) is 0 Å². The van der Waals surface area contributed by atoms with Crippen molar-refractivity contribution in [2.75, 3.05) is 19.8 Å². The molecule has 1 aliphatic rings. The molecule has 0 aromatic rings. The van der Waals surface area contributed by atoms with Crippen LogP contribution in [0.3, 0.4) is 0 Å². The molecule has 2 heteroatoms. The zero-order valence-corrected chi connectivity index (χ0v) is 12.2. The molecule has 0 aliphatic heterocycles. The van der Waals surface area contributed by atoms with Crippen LogP contribution in [0.15, 0.2) is 0 Å². The maximum atomic E-state index is 5.94. The summed E-state index contributed by atoms with van der Waals surface area (Å²) in [6.07, 6.45) is 6.76. The average Bonchev–Trinajstić information content (AvgIpc) is 2.74. The first kappa shape index (κ1) is 15.0. The Balaban J connectivity index is 2.22. The largest absolute Gasteiger partial charge is 0.380 e. The monoisotopic (exact) mass is 241 g/mol. The standard InChI is InChI=1S/C15H31NO/c1-5-10-16-14(15(2,3)4)12-17-11-13-8-6-7-9-13/h13-14,16H,5-12H2,1-4H3. The van der Waals surface area contributed by atoms with Crippen LogP contribution in [-0.4, -0.2) is 25.8 Å². The zero-order valence-electron chi connectivity index (χ0n) is 12.2. The van der Waals surface area contributed by atoms with Crippen LogP contribution in [0.1, 0.15) is 59.8 Å². The van der Waals surface area contributed by atoms with E-state index in [1.54, 1.807) is 0 Å². The topological polar surface area (TPSA) is 21.3 Å². The molecule has 0 heterocycles. The van der Waals surface area contributed by atoms with Crippen molar-refractivity contribution < 1.29 is 4.74 Å². The Labute approximate surface area is 108 Å². The molecule has 0 amide bonds. The molecule has 2 nitrogen and oxygen atoms in total. The Kier molecular flexibility index (Phi) is 6.50. The van der Waals surface area contributed by atoms with E-state index in [0.717, 1.165) is 25.7 Å². The van der Waals surface area contributed by atoms with Crippen LogP contribution in [0.4, 0.5) is 0 Å². The molecule has 1 saturated carbocycles. The van der Waals surface area contributed by atoms with Crippen molar-refractivity contribution in [1.82, 2.24) is 5.32 Å². The fourth-order valence-electron chi connectivity index (χ4n) is 2.46. The highest BCUT2D eigenvalue weighted by atomic mass is 16.5. The van der Waals surface area contributed by atoms with Crippen LogP contribution in [0.2, 0.25) is 0 Å². The van der Waals surface area contributed by atoms with Gasteiger partial charge in [0.05, 0.1) is 6.61 Å². The molecule has 0 aromatic heterocycles. The van der Waals surface area contributed by atoms with Gasteiger partial charge in [0.1, 0.15) is 0 Å². The average molecular weight is 241 g/mol. The Morgan fingerprint density at radius 3 is 2.41 bits per heavy atom. The van der Waals surface area contributed by atoms with Crippen LogP contribution < -0.4 is 5.32 Å². The van der Waals surface area contributed by atoms with E-state index >= 15 is 0 Å². The summed E-state index contributed by atoms with van der Waals surface area (Å²) in [5, 5.41) is 3.61. The highest BCUT2D eigenvalue weighted by Crippen LogP contribution is 2.25. The number of hydrogen-bond donors (Lipinski definition) is 1. The molecular weight excluding hydrogens is 210 g/mol. The van der Waals surface area contributed by atoms with Crippen molar-refractivity contribution in [3.8, 4) is 0 Å². The van der Waals surface area contributed by atoms with Gasteiger partial charge in [0.2, 0.25) is 0 Å². The minimum atomic E-state index is 0.283. The maximum Gasteiger partial charge on any atom is 0.0624 e. The molecule has 0 spiro atoms. The summed E-state index contributed by atoms with van der Waals surface area (Å²) >= 11 is 0. The van der Waals surface area contributed by atoms with Gasteiger partial charge in [-0.15, -0.1) is 0 Å². The molecule has 1 fully saturated rings. The molecule has 1 aliphatic carbocycles. The number of ether oxygens (including phenoxy) is 1. The summed E-state index contributed by atoms with van der Waals surface area (Å²) < 4.78 is 5.94. The van der Waals surface area contributed by atoms with E-state index in [1.165, 1.54) is 32.1 Å². The second-order valence-electron chi connectivity index (χ2n) is 6.56. The summed E-state index contributed by atoms with van der Waals surface area (Å²) in [5.74, 6) is 0.835. The summed E-state index contributed by atoms with van der Waals surface area (Å²) in [6, 6.07) is 0.476. The lowest BCUT2D eigenvalue weighted by atomic mass is 9.87. The van der Waals surface area contributed by atoms with Gasteiger partial charge in [-0.1, -0.05) is 40.5 Å². The molecule has 17 heavy (non-hydrogen) atoms. The lowest BCUT2D eigenvalue weighted by Gasteiger charge is -2.31. The van der Waals surface area contributed by atoms with E-state index in [9.17, 15) is 0 Å². The van der Waals surface area contributed by atoms with Crippen LogP contribution >= 0.6 is 0 Å². The van der Waals surface area contributed by atoms with Gasteiger partial charge in [-0.25, -0.2) is 0 Å². The van der Waals surface area contributed by atoms with E-state index < -0.39 is 0 Å². The minimum absolute atomic E-state index is 0.283. The number of rotatable bonds is 7. The van der Waals surface area contributed by atoms with Crippen LogP contribution in [0.25, 0.3) is 0 Å². The van der Waals surface area contributed by atoms with Gasteiger partial charge in [0.25, 0.3) is 0 Å². The fraction of sp³-hybridized carbons (Fsp3) is 1.00. The minimum Gasteiger partial charge on any atom is -0.380 e. The van der Waals surface area contributed by atoms with E-state index in [-0.39, 0.29) is 5.41 Å². The first-order valence-corrected chi connectivity index (χ1v) is 7.35. The lowest BCUT2D eigenvalue weighted by Crippen LogP contribution is -2.44. The van der Waals surface area contributed by atoms with Gasteiger partial charge in [0.15, 0.2) is 0 Å². The van der Waals surface area contributed by atoms with Crippen molar-refractivity contribution in [1.29, 1.82) is 0 Å². The van der Waals surface area contributed by atoms with Gasteiger partial charge in [-0.2, -0.15) is 0 Å². The normalized spacial score (nSPS) is 19.8. The van der Waals surface area contributed by atoms with E-state index in [2.05, 4.69) is 33.0 Å². The highest BCUT2D eigenvalue weighted by molar-refractivity contribution is 4.80. The molecular formula is C15H31NO. The molecule has 1 unspecified atom stereocenters. The summed E-state index contributed by atoms with van der Waals surface area (Å²) in [5.41, 5.74) is 0.283. The zero-order chi connectivity index (χ0) is 12.7. The molecule has 0 radical (unpaired) electrons. The predicted octanol–water partition coefficient (Wildman–Crippen LogP) is 3.61. The van der Waals surface area contributed by atoms with Crippen molar-refractivity contribution in [2.45, 2.75) is 65.8 Å². The highest BCUT2D eigenvalue weighted by Gasteiger charge is 2.24. The smallest absolute Gasteiger partial charge is 0.0624 e. The summed E-state index contributed by atoms with van der Waals surface area (Å²) in [7, 11) is 0. The molecule has 102 valence electrons. The third-order valence-corrected chi connectivity index (χ3v) is 3.80. The third-order valence-electron chi connectivity index (χ3n) is 3.80. The quantitative estimate of drug-likeness (QED) is 0.735. The van der Waals surface area contributed by atoms with Crippen molar-refractivity contribution in [2.24, 2.45) is 11.3 Å².